The van der Waals surface area contributed by atoms with Crippen LogP contribution in [0, 0.1) is 0 Å². The molecule has 3 aromatic rings. The van der Waals surface area contributed by atoms with E-state index in [9.17, 15) is 14.7 Å². The molecule has 0 fully saturated rings. The maximum Gasteiger partial charge on any atom is 0.346 e. The van der Waals surface area contributed by atoms with Gasteiger partial charge in [0.05, 0.1) is 12.1 Å². The Bertz CT molecular complexity index is 1050. The molecule has 144 valence electrons. The van der Waals surface area contributed by atoms with Crippen LogP contribution in [0.1, 0.15) is 35.1 Å². The van der Waals surface area contributed by atoms with E-state index in [4.69, 9.17) is 0 Å². The van der Waals surface area contributed by atoms with Gasteiger partial charge in [0.15, 0.2) is 0 Å². The maximum absolute atomic E-state index is 12.6. The Morgan fingerprint density at radius 1 is 1.18 bits per heavy atom. The Hall–Kier alpha value is -3.41. The number of carboxylic acid groups (broad SMARTS) is 1. The van der Waals surface area contributed by atoms with Crippen molar-refractivity contribution < 1.29 is 9.90 Å². The van der Waals surface area contributed by atoms with Crippen molar-refractivity contribution in [2.24, 2.45) is 0 Å². The van der Waals surface area contributed by atoms with Crippen LogP contribution in [0.5, 0.6) is 0 Å². The summed E-state index contributed by atoms with van der Waals surface area (Å²) in [5.41, 5.74) is 2.59. The van der Waals surface area contributed by atoms with Gasteiger partial charge in [0.25, 0.3) is 0 Å². The van der Waals surface area contributed by atoms with Crippen LogP contribution in [0.3, 0.4) is 0 Å². The van der Waals surface area contributed by atoms with E-state index in [-0.39, 0.29) is 11.3 Å². The van der Waals surface area contributed by atoms with Gasteiger partial charge in [-0.25, -0.2) is 14.3 Å². The summed E-state index contributed by atoms with van der Waals surface area (Å²) in [5.74, 6) is -0.208. The summed E-state index contributed by atoms with van der Waals surface area (Å²) in [4.78, 5) is 24.1. The molecule has 2 aromatic carbocycles. The van der Waals surface area contributed by atoms with E-state index in [1.165, 1.54) is 4.68 Å². The molecule has 28 heavy (non-hydrogen) atoms. The lowest BCUT2D eigenvalue weighted by molar-refractivity contribution is 0.0697. The summed E-state index contributed by atoms with van der Waals surface area (Å²) in [6.07, 6.45) is 3.13. The van der Waals surface area contributed by atoms with Crippen LogP contribution >= 0.6 is 0 Å². The quantitative estimate of drug-likeness (QED) is 0.609. The zero-order chi connectivity index (χ0) is 20.1. The van der Waals surface area contributed by atoms with Gasteiger partial charge in [0.2, 0.25) is 0 Å². The van der Waals surface area contributed by atoms with Gasteiger partial charge in [-0.2, -0.15) is 5.10 Å². The Kier molecular flexibility index (Phi) is 5.89. The number of allylic oxidation sites excluding steroid dienone is 1. The fourth-order valence-corrected chi connectivity index (χ4v) is 3.16. The van der Waals surface area contributed by atoms with Crippen molar-refractivity contribution in [1.82, 2.24) is 14.3 Å². The molecule has 0 aliphatic rings. The topological polar surface area (TPSA) is 77.1 Å². The van der Waals surface area contributed by atoms with Gasteiger partial charge >= 0.3 is 11.7 Å². The molecule has 1 aromatic heterocycles. The first-order valence-electron chi connectivity index (χ1n) is 9.24. The van der Waals surface area contributed by atoms with Crippen LogP contribution in [-0.2, 0) is 19.5 Å². The third-order valence-corrected chi connectivity index (χ3v) is 4.62. The molecule has 1 heterocycles. The average molecular weight is 377 g/mol. The molecule has 3 rings (SSSR count). The zero-order valence-electron chi connectivity index (χ0n) is 15.8. The molecule has 1 N–H and O–H groups in total. The van der Waals surface area contributed by atoms with E-state index in [0.29, 0.717) is 31.5 Å². The van der Waals surface area contributed by atoms with Crippen molar-refractivity contribution in [3.8, 4) is 11.1 Å². The third kappa shape index (κ3) is 3.96. The molecule has 0 saturated heterocycles. The lowest BCUT2D eigenvalue weighted by Crippen LogP contribution is -2.26. The first-order chi connectivity index (χ1) is 13.5. The molecule has 0 saturated carbocycles. The molecule has 6 nitrogen and oxygen atoms in total. The third-order valence-electron chi connectivity index (χ3n) is 4.62. The monoisotopic (exact) mass is 377 g/mol. The zero-order valence-corrected chi connectivity index (χ0v) is 15.8. The fourth-order valence-electron chi connectivity index (χ4n) is 3.16. The van der Waals surface area contributed by atoms with Crippen molar-refractivity contribution in [2.75, 3.05) is 0 Å². The summed E-state index contributed by atoms with van der Waals surface area (Å²) in [6.45, 7) is 6.61. The molecule has 0 bridgehead atoms. The van der Waals surface area contributed by atoms with Crippen LogP contribution in [-0.4, -0.2) is 25.4 Å². The van der Waals surface area contributed by atoms with Gasteiger partial charge in [0.1, 0.15) is 5.82 Å². The van der Waals surface area contributed by atoms with E-state index in [2.05, 4.69) is 11.7 Å². The summed E-state index contributed by atoms with van der Waals surface area (Å²) >= 11 is 0. The smallest absolute Gasteiger partial charge is 0.346 e. The standard InChI is InChI=1S/C22H23N3O3/c1-3-5-14-25-22(28)24(20(4-2)23-25)15-16-10-12-17(13-11-16)18-8-6-7-9-19(18)21(26)27/h3,6-13H,1,4-5,14-15H2,2H3,(H,26,27). The van der Waals surface area contributed by atoms with E-state index in [1.807, 2.05) is 37.3 Å². The highest BCUT2D eigenvalue weighted by atomic mass is 16.4. The maximum atomic E-state index is 12.6. The number of carboxylic acids is 1. The summed E-state index contributed by atoms with van der Waals surface area (Å²) in [6, 6.07) is 14.5. The van der Waals surface area contributed by atoms with Gasteiger partial charge in [-0.1, -0.05) is 55.5 Å². The van der Waals surface area contributed by atoms with E-state index in [0.717, 1.165) is 17.0 Å². The minimum atomic E-state index is -0.953. The number of aromatic carboxylic acids is 1. The van der Waals surface area contributed by atoms with Crippen molar-refractivity contribution in [2.45, 2.75) is 32.9 Å². The van der Waals surface area contributed by atoms with Crippen LogP contribution in [0.25, 0.3) is 11.1 Å². The lowest BCUT2D eigenvalue weighted by atomic mass is 9.99. The molecule has 0 unspecified atom stereocenters. The van der Waals surface area contributed by atoms with Crippen LogP contribution < -0.4 is 5.69 Å². The number of carbonyl (C=O) groups is 1. The minimum Gasteiger partial charge on any atom is -0.478 e. The highest BCUT2D eigenvalue weighted by molar-refractivity contribution is 5.95. The number of aromatic nitrogens is 3. The lowest BCUT2D eigenvalue weighted by Gasteiger charge is -2.08. The minimum absolute atomic E-state index is 0.126. The predicted molar refractivity (Wildman–Crippen MR) is 109 cm³/mol. The van der Waals surface area contributed by atoms with E-state index in [1.54, 1.807) is 28.8 Å². The summed E-state index contributed by atoms with van der Waals surface area (Å²) in [7, 11) is 0. The van der Waals surface area contributed by atoms with Crippen LogP contribution in [0.15, 0.2) is 66.0 Å². The molecular formula is C22H23N3O3. The van der Waals surface area contributed by atoms with Gasteiger partial charge in [-0.05, 0) is 29.2 Å². The molecule has 0 aliphatic carbocycles. The van der Waals surface area contributed by atoms with Gasteiger partial charge < -0.3 is 5.11 Å². The van der Waals surface area contributed by atoms with Gasteiger partial charge in [-0.3, -0.25) is 4.57 Å². The Morgan fingerprint density at radius 2 is 1.89 bits per heavy atom. The van der Waals surface area contributed by atoms with Crippen molar-refractivity contribution in [3.05, 3.63) is 88.6 Å². The second-order valence-electron chi connectivity index (χ2n) is 6.49. The molecule has 0 amide bonds. The normalized spacial score (nSPS) is 10.8. The van der Waals surface area contributed by atoms with Crippen LogP contribution in [0.2, 0.25) is 0 Å². The molecular weight excluding hydrogens is 354 g/mol. The van der Waals surface area contributed by atoms with E-state index >= 15 is 0 Å². The fraction of sp³-hybridized carbons (Fsp3) is 0.227. The largest absolute Gasteiger partial charge is 0.478 e. The molecule has 0 atom stereocenters. The molecule has 0 radical (unpaired) electrons. The van der Waals surface area contributed by atoms with Crippen LogP contribution in [0.4, 0.5) is 0 Å². The molecule has 6 heteroatoms. The van der Waals surface area contributed by atoms with Gasteiger partial charge in [0, 0.05) is 13.0 Å². The van der Waals surface area contributed by atoms with Crippen molar-refractivity contribution >= 4 is 5.97 Å². The van der Waals surface area contributed by atoms with Crippen molar-refractivity contribution in [1.29, 1.82) is 0 Å². The highest BCUT2D eigenvalue weighted by Crippen LogP contribution is 2.24. The first kappa shape index (κ1) is 19.4. The number of nitrogens with zero attached hydrogens (tertiary/aromatic N) is 3. The summed E-state index contributed by atoms with van der Waals surface area (Å²) in [5, 5.41) is 13.8. The number of hydrogen-bond donors (Lipinski definition) is 1. The first-order valence-corrected chi connectivity index (χ1v) is 9.24. The Morgan fingerprint density at radius 3 is 2.54 bits per heavy atom. The number of benzene rings is 2. The Balaban J connectivity index is 1.88. The number of aryl methyl sites for hydroxylation is 2. The number of rotatable bonds is 8. The Labute approximate surface area is 163 Å². The SMILES string of the molecule is C=CCCn1nc(CC)n(Cc2ccc(-c3ccccc3C(=O)O)cc2)c1=O. The molecule has 0 spiro atoms. The second kappa shape index (κ2) is 8.52. The molecule has 0 aliphatic heterocycles. The average Bonchev–Trinajstić information content (AvgIpc) is 3.02. The highest BCUT2D eigenvalue weighted by Gasteiger charge is 2.13. The summed E-state index contributed by atoms with van der Waals surface area (Å²) < 4.78 is 3.17. The van der Waals surface area contributed by atoms with Crippen molar-refractivity contribution in [3.63, 3.8) is 0 Å². The second-order valence-corrected chi connectivity index (χ2v) is 6.49. The van der Waals surface area contributed by atoms with Gasteiger partial charge in [-0.15, -0.1) is 6.58 Å². The van der Waals surface area contributed by atoms with E-state index < -0.39 is 5.97 Å². The predicted octanol–water partition coefficient (Wildman–Crippen LogP) is 3.60. The number of hydrogen-bond acceptors (Lipinski definition) is 3.